The van der Waals surface area contributed by atoms with E-state index in [2.05, 4.69) is 20.0 Å². The summed E-state index contributed by atoms with van der Waals surface area (Å²) in [5, 5.41) is 4.63. The van der Waals surface area contributed by atoms with Gasteiger partial charge in [0.1, 0.15) is 18.0 Å². The van der Waals surface area contributed by atoms with Crippen molar-refractivity contribution >= 4 is 28.3 Å². The number of rotatable bonds is 7. The highest BCUT2D eigenvalue weighted by atomic mass is 32.1. The predicted octanol–water partition coefficient (Wildman–Crippen LogP) is 4.08. The number of nitrogens with zero attached hydrogens (tertiary/aromatic N) is 3. The molecular formula is C20H16F2N4O2S. The second-order valence-corrected chi connectivity index (χ2v) is 6.87. The third kappa shape index (κ3) is 4.24. The third-order valence-corrected chi connectivity index (χ3v) is 4.87. The van der Waals surface area contributed by atoms with Gasteiger partial charge < -0.3 is 14.6 Å². The lowest BCUT2D eigenvalue weighted by Gasteiger charge is -2.12. The molecule has 4 rings (SSSR count). The summed E-state index contributed by atoms with van der Waals surface area (Å²) in [6.07, 6.45) is 0. The number of carbonyl (C=O) groups excluding carboxylic acids is 1. The van der Waals surface area contributed by atoms with Crippen LogP contribution in [0.25, 0.3) is 22.6 Å². The van der Waals surface area contributed by atoms with Gasteiger partial charge in [0, 0.05) is 17.5 Å². The van der Waals surface area contributed by atoms with Gasteiger partial charge in [-0.25, -0.2) is 9.97 Å². The molecule has 0 atom stereocenters. The van der Waals surface area contributed by atoms with Gasteiger partial charge in [-0.3, -0.25) is 4.79 Å². The first-order chi connectivity index (χ1) is 14.1. The number of nitrogens with one attached hydrogen (secondary N) is 1. The molecular weight excluding hydrogens is 398 g/mol. The molecule has 9 heteroatoms. The fourth-order valence-corrected chi connectivity index (χ4v) is 3.54. The average molecular weight is 414 g/mol. The van der Waals surface area contributed by atoms with Crippen molar-refractivity contribution in [2.24, 2.45) is 0 Å². The molecule has 29 heavy (non-hydrogen) atoms. The Labute approximate surface area is 168 Å². The molecule has 0 bridgehead atoms. The summed E-state index contributed by atoms with van der Waals surface area (Å²) >= 11 is 1.45. The number of benzene rings is 2. The molecule has 2 aromatic heterocycles. The number of hydrogen-bond donors (Lipinski definition) is 1. The maximum Gasteiger partial charge on any atom is 0.387 e. The van der Waals surface area contributed by atoms with Gasteiger partial charge in [0.2, 0.25) is 5.91 Å². The first-order valence-electron chi connectivity index (χ1n) is 8.75. The summed E-state index contributed by atoms with van der Waals surface area (Å²) in [4.78, 5) is 21.5. The number of fused-ring (bicyclic) bond motifs is 1. The van der Waals surface area contributed by atoms with Crippen LogP contribution in [0.2, 0.25) is 0 Å². The molecule has 0 aliphatic heterocycles. The number of para-hydroxylation sites is 3. The van der Waals surface area contributed by atoms with Crippen molar-refractivity contribution in [3.8, 4) is 17.3 Å². The highest BCUT2D eigenvalue weighted by Gasteiger charge is 2.17. The van der Waals surface area contributed by atoms with Crippen molar-refractivity contribution in [1.29, 1.82) is 0 Å². The first-order valence-corrected chi connectivity index (χ1v) is 9.69. The molecule has 0 aliphatic rings. The highest BCUT2D eigenvalue weighted by molar-refractivity contribution is 7.07. The van der Waals surface area contributed by atoms with Gasteiger partial charge in [0.05, 0.1) is 16.5 Å². The van der Waals surface area contributed by atoms with Crippen LogP contribution < -0.4 is 10.1 Å². The third-order valence-electron chi connectivity index (χ3n) is 4.28. The fourth-order valence-electron chi connectivity index (χ4n) is 3.01. The monoisotopic (exact) mass is 414 g/mol. The quantitative estimate of drug-likeness (QED) is 0.495. The standard InChI is InChI=1S/C20H16F2N4O2S/c21-20(22)28-17-8-4-1-5-13(17)9-23-18(27)10-26-16-7-3-2-6-14(16)25-19(26)15-11-29-12-24-15/h1-8,11-12,20H,9-10H2,(H,23,27). The topological polar surface area (TPSA) is 69.0 Å². The molecule has 0 spiro atoms. The fraction of sp³-hybridized carbons (Fsp3) is 0.150. The largest absolute Gasteiger partial charge is 0.434 e. The van der Waals surface area contributed by atoms with Gasteiger partial charge >= 0.3 is 6.61 Å². The normalized spacial score (nSPS) is 11.1. The lowest BCUT2D eigenvalue weighted by molar-refractivity contribution is -0.121. The van der Waals surface area contributed by atoms with Gasteiger partial charge in [-0.15, -0.1) is 11.3 Å². The summed E-state index contributed by atoms with van der Waals surface area (Å²) in [7, 11) is 0. The van der Waals surface area contributed by atoms with E-state index in [1.54, 1.807) is 28.3 Å². The number of imidazole rings is 1. The van der Waals surface area contributed by atoms with Crippen LogP contribution in [0.5, 0.6) is 5.75 Å². The SMILES string of the molecule is O=C(Cn1c(-c2cscn2)nc2ccccc21)NCc1ccccc1OC(F)F. The van der Waals surface area contributed by atoms with E-state index in [9.17, 15) is 13.6 Å². The summed E-state index contributed by atoms with van der Waals surface area (Å²) in [5.41, 5.74) is 4.44. The van der Waals surface area contributed by atoms with Crippen LogP contribution >= 0.6 is 11.3 Å². The maximum absolute atomic E-state index is 12.6. The average Bonchev–Trinajstić information content (AvgIpc) is 3.35. The van der Waals surface area contributed by atoms with E-state index in [4.69, 9.17) is 0 Å². The summed E-state index contributed by atoms with van der Waals surface area (Å²) in [6.45, 7) is -2.84. The molecule has 1 amide bonds. The van der Waals surface area contributed by atoms with E-state index in [0.717, 1.165) is 11.0 Å². The number of carbonyl (C=O) groups is 1. The van der Waals surface area contributed by atoms with E-state index in [1.807, 2.05) is 29.6 Å². The molecule has 0 saturated heterocycles. The zero-order valence-electron chi connectivity index (χ0n) is 15.1. The molecule has 0 radical (unpaired) electrons. The Morgan fingerprint density at radius 3 is 2.76 bits per heavy atom. The number of amides is 1. The Balaban J connectivity index is 1.54. The molecule has 1 N–H and O–H groups in total. The van der Waals surface area contributed by atoms with Gasteiger partial charge in [-0.1, -0.05) is 30.3 Å². The highest BCUT2D eigenvalue weighted by Crippen LogP contribution is 2.25. The summed E-state index contributed by atoms with van der Waals surface area (Å²) in [5.74, 6) is 0.361. The second kappa shape index (κ2) is 8.36. The van der Waals surface area contributed by atoms with Crippen LogP contribution in [-0.4, -0.2) is 27.1 Å². The first kappa shape index (κ1) is 19.0. The van der Waals surface area contributed by atoms with Crippen molar-refractivity contribution in [1.82, 2.24) is 19.9 Å². The van der Waals surface area contributed by atoms with Crippen LogP contribution in [0.1, 0.15) is 5.56 Å². The van der Waals surface area contributed by atoms with Crippen LogP contribution in [-0.2, 0) is 17.9 Å². The van der Waals surface area contributed by atoms with Crippen molar-refractivity contribution in [2.45, 2.75) is 19.7 Å². The zero-order valence-corrected chi connectivity index (χ0v) is 15.9. The molecule has 0 aliphatic carbocycles. The molecule has 0 fully saturated rings. The van der Waals surface area contributed by atoms with E-state index < -0.39 is 6.61 Å². The van der Waals surface area contributed by atoms with Gasteiger partial charge in [0.25, 0.3) is 0 Å². The second-order valence-electron chi connectivity index (χ2n) is 6.15. The van der Waals surface area contributed by atoms with Crippen LogP contribution in [0.3, 0.4) is 0 Å². The Kier molecular flexibility index (Phi) is 5.48. The van der Waals surface area contributed by atoms with Crippen molar-refractivity contribution in [3.05, 3.63) is 65.0 Å². The van der Waals surface area contributed by atoms with Gasteiger partial charge in [-0.2, -0.15) is 8.78 Å². The van der Waals surface area contributed by atoms with Gasteiger partial charge in [0.15, 0.2) is 5.82 Å². The van der Waals surface area contributed by atoms with E-state index in [1.165, 1.54) is 17.4 Å². The predicted molar refractivity (Wildman–Crippen MR) is 106 cm³/mol. The van der Waals surface area contributed by atoms with E-state index >= 15 is 0 Å². The van der Waals surface area contributed by atoms with Crippen molar-refractivity contribution in [2.75, 3.05) is 0 Å². The number of hydrogen-bond acceptors (Lipinski definition) is 5. The number of aromatic nitrogens is 3. The van der Waals surface area contributed by atoms with Crippen LogP contribution in [0, 0.1) is 0 Å². The molecule has 148 valence electrons. The minimum Gasteiger partial charge on any atom is -0.434 e. The summed E-state index contributed by atoms with van der Waals surface area (Å²) in [6, 6.07) is 13.9. The molecule has 6 nitrogen and oxygen atoms in total. The van der Waals surface area contributed by atoms with Gasteiger partial charge in [-0.05, 0) is 18.2 Å². The number of ether oxygens (including phenoxy) is 1. The zero-order chi connectivity index (χ0) is 20.2. The Morgan fingerprint density at radius 2 is 1.97 bits per heavy atom. The van der Waals surface area contributed by atoms with Crippen LogP contribution in [0.15, 0.2) is 59.4 Å². The molecule has 0 unspecified atom stereocenters. The Bertz CT molecular complexity index is 1130. The number of alkyl halides is 2. The Morgan fingerprint density at radius 1 is 1.17 bits per heavy atom. The Hall–Kier alpha value is -3.33. The molecule has 4 aromatic rings. The van der Waals surface area contributed by atoms with Crippen molar-refractivity contribution < 1.29 is 18.3 Å². The molecule has 2 aromatic carbocycles. The number of thiazole rings is 1. The molecule has 2 heterocycles. The summed E-state index contributed by atoms with van der Waals surface area (Å²) < 4.78 is 31.4. The van der Waals surface area contributed by atoms with E-state index in [0.29, 0.717) is 17.1 Å². The minimum absolute atomic E-state index is 0.0191. The van der Waals surface area contributed by atoms with Crippen molar-refractivity contribution in [3.63, 3.8) is 0 Å². The molecule has 0 saturated carbocycles. The smallest absolute Gasteiger partial charge is 0.387 e. The van der Waals surface area contributed by atoms with E-state index in [-0.39, 0.29) is 24.7 Å². The lowest BCUT2D eigenvalue weighted by atomic mass is 10.2. The lowest BCUT2D eigenvalue weighted by Crippen LogP contribution is -2.27. The number of halogens is 2. The minimum atomic E-state index is -2.93. The van der Waals surface area contributed by atoms with Crippen LogP contribution in [0.4, 0.5) is 8.78 Å². The maximum atomic E-state index is 12.6.